The average Bonchev–Trinajstić information content (AvgIpc) is 2.99. The monoisotopic (exact) mass is 570 g/mol. The predicted molar refractivity (Wildman–Crippen MR) is 152 cm³/mol. The van der Waals surface area contributed by atoms with Crippen LogP contribution in [0.1, 0.15) is 59.8 Å². The summed E-state index contributed by atoms with van der Waals surface area (Å²) in [6, 6.07) is 18.4. The van der Waals surface area contributed by atoms with Gasteiger partial charge in [0.05, 0.1) is 17.3 Å². The molecule has 3 aromatic rings. The van der Waals surface area contributed by atoms with Crippen LogP contribution < -0.4 is 4.90 Å². The lowest BCUT2D eigenvalue weighted by Gasteiger charge is -2.36. The molecule has 0 fully saturated rings. The predicted octanol–water partition coefficient (Wildman–Crippen LogP) is 7.26. The van der Waals surface area contributed by atoms with Crippen LogP contribution in [0.15, 0.2) is 71.6 Å². The second-order valence-corrected chi connectivity index (χ2v) is 10.9. The highest BCUT2D eigenvalue weighted by molar-refractivity contribution is 7.98. The van der Waals surface area contributed by atoms with E-state index in [0.717, 1.165) is 10.5 Å². The van der Waals surface area contributed by atoms with Crippen molar-refractivity contribution in [2.24, 2.45) is 0 Å². The molecule has 4 rings (SSSR count). The third kappa shape index (κ3) is 6.01. The molecule has 2 atom stereocenters. The van der Waals surface area contributed by atoms with E-state index >= 15 is 0 Å². The molecule has 0 saturated heterocycles. The van der Waals surface area contributed by atoms with Gasteiger partial charge in [-0.25, -0.2) is 0 Å². The number of nitrogens with zero attached hydrogens (tertiary/aromatic N) is 2. The third-order valence-electron chi connectivity index (χ3n) is 6.72. The molecule has 0 bridgehead atoms. The van der Waals surface area contributed by atoms with E-state index in [2.05, 4.69) is 0 Å². The van der Waals surface area contributed by atoms with Crippen molar-refractivity contribution in [3.05, 3.63) is 93.5 Å². The Balaban J connectivity index is 1.87. The molecule has 0 radical (unpaired) electrons. The van der Waals surface area contributed by atoms with Crippen molar-refractivity contribution in [2.45, 2.75) is 43.2 Å². The summed E-state index contributed by atoms with van der Waals surface area (Å²) < 4.78 is 0. The summed E-state index contributed by atoms with van der Waals surface area (Å²) in [6.45, 7) is 2.19. The molecule has 9 heteroatoms. The molecule has 2 amide bonds. The van der Waals surface area contributed by atoms with Crippen LogP contribution in [0.3, 0.4) is 0 Å². The highest BCUT2D eigenvalue weighted by Gasteiger charge is 2.42. The zero-order chi connectivity index (χ0) is 27.4. The first-order valence-corrected chi connectivity index (χ1v) is 14.2. The molecular weight excluding hydrogens is 543 g/mol. The normalized spacial score (nSPS) is 16.3. The largest absolute Gasteiger partial charge is 0.481 e. The first-order valence-electron chi connectivity index (χ1n) is 12.3. The van der Waals surface area contributed by atoms with E-state index in [9.17, 15) is 14.4 Å². The van der Waals surface area contributed by atoms with Gasteiger partial charge < -0.3 is 14.9 Å². The van der Waals surface area contributed by atoms with Crippen LogP contribution >= 0.6 is 35.0 Å². The van der Waals surface area contributed by atoms with Gasteiger partial charge in [-0.3, -0.25) is 14.4 Å². The Morgan fingerprint density at radius 2 is 1.61 bits per heavy atom. The van der Waals surface area contributed by atoms with Crippen LogP contribution in [0, 0.1) is 0 Å². The number of carbonyl (C=O) groups excluding carboxylic acids is 2. The van der Waals surface area contributed by atoms with Gasteiger partial charge in [-0.15, -0.1) is 11.8 Å². The van der Waals surface area contributed by atoms with E-state index in [-0.39, 0.29) is 24.8 Å². The fourth-order valence-electron chi connectivity index (χ4n) is 4.72. The number of thioether (sulfide) groups is 1. The molecule has 0 unspecified atom stereocenters. The Morgan fingerprint density at radius 3 is 2.21 bits per heavy atom. The highest BCUT2D eigenvalue weighted by Crippen LogP contribution is 2.41. The number of rotatable bonds is 9. The third-order valence-corrected chi connectivity index (χ3v) is 7.94. The molecule has 0 saturated carbocycles. The van der Waals surface area contributed by atoms with E-state index < -0.39 is 18.1 Å². The lowest BCUT2D eigenvalue weighted by Crippen LogP contribution is -2.44. The summed E-state index contributed by atoms with van der Waals surface area (Å²) in [5, 5.41) is 10.2. The fraction of sp³-hybridized carbons (Fsp3) is 0.276. The minimum Gasteiger partial charge on any atom is -0.481 e. The van der Waals surface area contributed by atoms with Gasteiger partial charge >= 0.3 is 5.97 Å². The van der Waals surface area contributed by atoms with E-state index in [1.807, 2.05) is 43.5 Å². The molecule has 1 N–H and O–H groups in total. The Kier molecular flexibility index (Phi) is 9.03. The van der Waals surface area contributed by atoms with Crippen molar-refractivity contribution in [2.75, 3.05) is 17.7 Å². The van der Waals surface area contributed by atoms with Gasteiger partial charge in [0.15, 0.2) is 0 Å². The number of benzene rings is 3. The van der Waals surface area contributed by atoms with E-state index in [1.165, 1.54) is 11.8 Å². The summed E-state index contributed by atoms with van der Waals surface area (Å²) in [6.07, 6.45) is 2.85. The molecule has 0 aromatic heterocycles. The van der Waals surface area contributed by atoms with Crippen LogP contribution in [0.5, 0.6) is 0 Å². The van der Waals surface area contributed by atoms with Crippen molar-refractivity contribution in [3.63, 3.8) is 0 Å². The maximum atomic E-state index is 14.4. The smallest absolute Gasteiger partial charge is 0.303 e. The van der Waals surface area contributed by atoms with Gasteiger partial charge in [0.2, 0.25) is 0 Å². The Hall–Kier alpha value is -3.00. The second kappa shape index (κ2) is 12.2. The standard InChI is InChI=1S/C29H28Cl2N2O4S/c1-18(19-6-10-21(30)11-7-19)33-27(20-8-12-22(31)13-9-20)29(37)32(16-4-3-5-26(34)35)25-15-14-23(38-2)17-24(25)28(33)36/h6-15,17-18,27H,3-5,16H2,1-2H3,(H,34,35)/t18-,27-/m1/s1. The molecule has 0 aliphatic carbocycles. The van der Waals surface area contributed by atoms with Gasteiger partial charge in [-0.05, 0) is 79.6 Å². The Morgan fingerprint density at radius 1 is 0.974 bits per heavy atom. The number of hydrogen-bond acceptors (Lipinski definition) is 4. The topological polar surface area (TPSA) is 77.9 Å². The molecule has 6 nitrogen and oxygen atoms in total. The van der Waals surface area contributed by atoms with Gasteiger partial charge in [0, 0.05) is 27.9 Å². The van der Waals surface area contributed by atoms with Gasteiger partial charge in [0.1, 0.15) is 6.04 Å². The second-order valence-electron chi connectivity index (χ2n) is 9.12. The quantitative estimate of drug-likeness (QED) is 0.216. The van der Waals surface area contributed by atoms with Crippen LogP contribution in [-0.4, -0.2) is 40.6 Å². The van der Waals surface area contributed by atoms with Gasteiger partial charge in [-0.1, -0.05) is 47.5 Å². The zero-order valence-electron chi connectivity index (χ0n) is 21.1. The number of carboxylic acids is 1. The Bertz CT molecular complexity index is 1330. The number of anilines is 1. The molecule has 1 aliphatic heterocycles. The first-order chi connectivity index (χ1) is 18.2. The van der Waals surface area contributed by atoms with E-state index in [1.54, 1.807) is 46.2 Å². The first kappa shape index (κ1) is 28.0. The molecule has 3 aromatic carbocycles. The summed E-state index contributed by atoms with van der Waals surface area (Å²) in [5.41, 5.74) is 2.44. The maximum Gasteiger partial charge on any atom is 0.303 e. The molecule has 1 aliphatic rings. The van der Waals surface area contributed by atoms with Crippen LogP contribution in [0.4, 0.5) is 5.69 Å². The highest BCUT2D eigenvalue weighted by atomic mass is 35.5. The van der Waals surface area contributed by atoms with Gasteiger partial charge in [-0.2, -0.15) is 0 Å². The van der Waals surface area contributed by atoms with Crippen molar-refractivity contribution < 1.29 is 19.5 Å². The van der Waals surface area contributed by atoms with Crippen molar-refractivity contribution in [1.82, 2.24) is 4.90 Å². The lowest BCUT2D eigenvalue weighted by atomic mass is 9.98. The van der Waals surface area contributed by atoms with Crippen molar-refractivity contribution >= 4 is 58.4 Å². The van der Waals surface area contributed by atoms with Crippen LogP contribution in [-0.2, 0) is 9.59 Å². The number of unbranched alkanes of at least 4 members (excludes halogenated alkanes) is 1. The molecule has 0 spiro atoms. The number of amides is 2. The molecule has 198 valence electrons. The summed E-state index contributed by atoms with van der Waals surface area (Å²) in [5.74, 6) is -1.40. The van der Waals surface area contributed by atoms with Crippen LogP contribution in [0.25, 0.3) is 0 Å². The molecule has 38 heavy (non-hydrogen) atoms. The van der Waals surface area contributed by atoms with E-state index in [0.29, 0.717) is 39.7 Å². The number of carboxylic acid groups (broad SMARTS) is 1. The number of hydrogen-bond donors (Lipinski definition) is 1. The van der Waals surface area contributed by atoms with Gasteiger partial charge in [0.25, 0.3) is 11.8 Å². The number of halogens is 2. The fourth-order valence-corrected chi connectivity index (χ4v) is 5.41. The number of aliphatic carboxylic acids is 1. The maximum absolute atomic E-state index is 14.4. The minimum atomic E-state index is -0.921. The SMILES string of the molecule is CSc1ccc2c(c1)C(=O)N([C@H](C)c1ccc(Cl)cc1)[C@H](c1ccc(Cl)cc1)C(=O)N2CCCCC(=O)O. The average molecular weight is 572 g/mol. The summed E-state index contributed by atoms with van der Waals surface area (Å²) >= 11 is 13.8. The number of fused-ring (bicyclic) bond motifs is 1. The minimum absolute atomic E-state index is 0.0135. The van der Waals surface area contributed by atoms with Crippen molar-refractivity contribution in [3.8, 4) is 0 Å². The summed E-state index contributed by atoms with van der Waals surface area (Å²) in [4.78, 5) is 44.0. The van der Waals surface area contributed by atoms with E-state index in [4.69, 9.17) is 28.3 Å². The summed E-state index contributed by atoms with van der Waals surface area (Å²) in [7, 11) is 0. The zero-order valence-corrected chi connectivity index (χ0v) is 23.4. The molecular formula is C29H28Cl2N2O4S. The Labute approximate surface area is 236 Å². The molecule has 1 heterocycles. The lowest BCUT2D eigenvalue weighted by molar-refractivity contribution is -0.137. The number of carbonyl (C=O) groups is 3. The van der Waals surface area contributed by atoms with Crippen molar-refractivity contribution in [1.29, 1.82) is 0 Å². The van der Waals surface area contributed by atoms with Crippen LogP contribution in [0.2, 0.25) is 10.0 Å².